The van der Waals surface area contributed by atoms with Crippen LogP contribution in [0.3, 0.4) is 0 Å². The average molecular weight is 639 g/mol. The molecule has 0 saturated heterocycles. The van der Waals surface area contributed by atoms with Crippen molar-refractivity contribution in [3.8, 4) is 17.2 Å². The minimum atomic E-state index is -4.60. The van der Waals surface area contributed by atoms with Crippen LogP contribution in [0.1, 0.15) is 71.1 Å². The summed E-state index contributed by atoms with van der Waals surface area (Å²) in [6.45, 7) is 2.24. The van der Waals surface area contributed by atoms with Crippen LogP contribution in [0.25, 0.3) is 0 Å². The fraction of sp³-hybridized carbons (Fsp3) is 0.424. The van der Waals surface area contributed by atoms with E-state index < -0.39 is 18.8 Å². The van der Waals surface area contributed by atoms with Crippen LogP contribution in [0.4, 0.5) is 0 Å². The number of methoxy groups -OCH3 is 3. The van der Waals surface area contributed by atoms with E-state index in [1.54, 1.807) is 21.3 Å². The molecule has 0 aromatic heterocycles. The average Bonchev–Trinajstić information content (AvgIpc) is 2.99. The third-order valence-electron chi connectivity index (χ3n) is 7.21. The van der Waals surface area contributed by atoms with Gasteiger partial charge in [-0.1, -0.05) is 6.92 Å². The van der Waals surface area contributed by atoms with E-state index in [1.807, 2.05) is 72.8 Å². The van der Waals surface area contributed by atoms with Gasteiger partial charge >= 0.3 is 233 Å². The van der Waals surface area contributed by atoms with Gasteiger partial charge in [-0.3, -0.25) is 0 Å². The fourth-order valence-corrected chi connectivity index (χ4v) is 17.3. The molecule has 210 valence electrons. The molecule has 0 saturated carbocycles. The molecule has 0 bridgehead atoms. The van der Waals surface area contributed by atoms with E-state index in [0.29, 0.717) is 23.7 Å². The van der Waals surface area contributed by atoms with Crippen molar-refractivity contribution in [3.63, 3.8) is 0 Å². The molecule has 6 heteroatoms. The molecule has 0 aliphatic carbocycles. The van der Waals surface area contributed by atoms with Crippen LogP contribution in [0, 0.1) is 0 Å². The predicted molar refractivity (Wildman–Crippen MR) is 162 cm³/mol. The molecule has 0 spiro atoms. The molecular weight excluding hydrogens is 595 g/mol. The summed E-state index contributed by atoms with van der Waals surface area (Å²) in [4.78, 5) is 13.7. The molecule has 0 radical (unpaired) electrons. The van der Waals surface area contributed by atoms with Crippen LogP contribution in [0.5, 0.6) is 17.2 Å². The van der Waals surface area contributed by atoms with Crippen LogP contribution in [-0.4, -0.2) is 46.1 Å². The Morgan fingerprint density at radius 1 is 0.564 bits per heavy atom. The summed E-state index contributed by atoms with van der Waals surface area (Å²) in [5, 5.41) is 0. The second-order valence-electron chi connectivity index (χ2n) is 9.83. The Hall–Kier alpha value is -2.67. The van der Waals surface area contributed by atoms with Crippen molar-refractivity contribution in [1.82, 2.24) is 0 Å². The molecule has 3 rings (SSSR count). The number of ether oxygens (including phenoxy) is 3. The standard InChI is InChI=1S/C12H24O2.3C7H7O.Sn/c1-2-3-4-5-6-7-8-9-10-11-12(13)14;3*1-8-7-5-3-2-4-6-7;/h2-11H2,1H3,(H,13,14);3*2-5H,1H3;/q;;;;+1/p-1. The van der Waals surface area contributed by atoms with Crippen LogP contribution in [-0.2, 0) is 7.87 Å². The van der Waals surface area contributed by atoms with Gasteiger partial charge in [0.15, 0.2) is 0 Å². The molecule has 5 nitrogen and oxygen atoms in total. The van der Waals surface area contributed by atoms with E-state index in [2.05, 4.69) is 6.92 Å². The van der Waals surface area contributed by atoms with Crippen molar-refractivity contribution in [3.05, 3.63) is 72.8 Å². The third-order valence-corrected chi connectivity index (χ3v) is 18.8. The van der Waals surface area contributed by atoms with Crippen LogP contribution in [0.15, 0.2) is 72.8 Å². The first-order valence-corrected chi connectivity index (χ1v) is 19.7. The molecule has 0 unspecified atom stereocenters. The number of hydrogen-bond donors (Lipinski definition) is 0. The minimum absolute atomic E-state index is 0.184. The summed E-state index contributed by atoms with van der Waals surface area (Å²) in [5.74, 6) is 1.90. The van der Waals surface area contributed by atoms with Crippen molar-refractivity contribution >= 4 is 35.5 Å². The number of rotatable bonds is 17. The molecular formula is C33H44O5Sn. The second-order valence-corrected chi connectivity index (χ2v) is 18.9. The SMILES string of the molecule is CCCCCCCCCCCC(=O)[O][Sn]([c]1ccccc1OC)([c]1ccccc1OC)[c]1ccccc1OC. The Morgan fingerprint density at radius 3 is 1.31 bits per heavy atom. The summed E-state index contributed by atoms with van der Waals surface area (Å²) < 4.78 is 27.1. The van der Waals surface area contributed by atoms with Gasteiger partial charge < -0.3 is 0 Å². The van der Waals surface area contributed by atoms with E-state index in [1.165, 1.54) is 38.5 Å². The number of hydrogen-bond acceptors (Lipinski definition) is 5. The van der Waals surface area contributed by atoms with Crippen molar-refractivity contribution < 1.29 is 22.1 Å². The van der Waals surface area contributed by atoms with Gasteiger partial charge in [-0.15, -0.1) is 0 Å². The van der Waals surface area contributed by atoms with Crippen molar-refractivity contribution in [2.45, 2.75) is 71.1 Å². The number of carbonyl (C=O) groups excluding carboxylic acids is 1. The molecule has 0 fully saturated rings. The van der Waals surface area contributed by atoms with E-state index in [4.69, 9.17) is 17.3 Å². The fourth-order valence-electron chi connectivity index (χ4n) is 5.21. The summed E-state index contributed by atoms with van der Waals surface area (Å²) >= 11 is -4.60. The number of benzene rings is 3. The molecule has 3 aromatic rings. The van der Waals surface area contributed by atoms with Gasteiger partial charge in [0, 0.05) is 0 Å². The first-order chi connectivity index (χ1) is 19.1. The quantitative estimate of drug-likeness (QED) is 0.131. The Bertz CT molecular complexity index is 1050. The number of unbranched alkanes of at least 4 members (excludes halogenated alkanes) is 8. The van der Waals surface area contributed by atoms with Crippen LogP contribution in [0.2, 0.25) is 0 Å². The van der Waals surface area contributed by atoms with Gasteiger partial charge in [0.2, 0.25) is 0 Å². The van der Waals surface area contributed by atoms with Crippen molar-refractivity contribution in [2.75, 3.05) is 21.3 Å². The Kier molecular flexibility index (Phi) is 13.0. The maximum absolute atomic E-state index is 13.7. The second kappa shape index (κ2) is 16.4. The van der Waals surface area contributed by atoms with Gasteiger partial charge in [-0.25, -0.2) is 0 Å². The van der Waals surface area contributed by atoms with Crippen molar-refractivity contribution in [1.29, 1.82) is 0 Å². The predicted octanol–water partition coefficient (Wildman–Crippen LogP) is 6.14. The Labute approximate surface area is 239 Å². The normalized spacial score (nSPS) is 11.2. The van der Waals surface area contributed by atoms with Gasteiger partial charge in [0.1, 0.15) is 0 Å². The zero-order valence-electron chi connectivity index (χ0n) is 24.0. The number of para-hydroxylation sites is 3. The molecule has 0 amide bonds. The summed E-state index contributed by atoms with van der Waals surface area (Å²) in [6.07, 6.45) is 11.1. The van der Waals surface area contributed by atoms with E-state index in [9.17, 15) is 4.79 Å². The zero-order chi connectivity index (χ0) is 27.9. The zero-order valence-corrected chi connectivity index (χ0v) is 26.9. The molecule has 39 heavy (non-hydrogen) atoms. The van der Waals surface area contributed by atoms with Crippen LogP contribution >= 0.6 is 0 Å². The van der Waals surface area contributed by atoms with Crippen LogP contribution < -0.4 is 24.9 Å². The van der Waals surface area contributed by atoms with Gasteiger partial charge in [0.05, 0.1) is 0 Å². The first-order valence-electron chi connectivity index (χ1n) is 14.2. The topological polar surface area (TPSA) is 54.0 Å². The molecule has 0 aliphatic rings. The summed E-state index contributed by atoms with van der Waals surface area (Å²) in [7, 11) is 4.97. The Morgan fingerprint density at radius 2 is 0.923 bits per heavy atom. The van der Waals surface area contributed by atoms with Crippen molar-refractivity contribution in [2.24, 2.45) is 0 Å². The van der Waals surface area contributed by atoms with E-state index in [-0.39, 0.29) is 5.97 Å². The van der Waals surface area contributed by atoms with Gasteiger partial charge in [-0.05, 0) is 0 Å². The molecule has 3 aromatic carbocycles. The number of carbonyl (C=O) groups is 1. The first kappa shape index (κ1) is 30.9. The van der Waals surface area contributed by atoms with Gasteiger partial charge in [-0.2, -0.15) is 0 Å². The van der Waals surface area contributed by atoms with Gasteiger partial charge in [0.25, 0.3) is 0 Å². The molecule has 0 N–H and O–H groups in total. The van der Waals surface area contributed by atoms with E-state index >= 15 is 0 Å². The molecule has 0 aliphatic heterocycles. The Balaban J connectivity index is 1.98. The summed E-state index contributed by atoms with van der Waals surface area (Å²) in [5.41, 5.74) is 0. The van der Waals surface area contributed by atoms with E-state index in [0.717, 1.165) is 30.0 Å². The maximum atomic E-state index is 13.7. The third kappa shape index (κ3) is 7.93. The summed E-state index contributed by atoms with van der Waals surface area (Å²) in [6, 6.07) is 23.6. The monoisotopic (exact) mass is 640 g/mol. The molecule has 0 atom stereocenters. The molecule has 0 heterocycles.